The van der Waals surface area contributed by atoms with Crippen LogP contribution in [-0.2, 0) is 24.2 Å². The van der Waals surface area contributed by atoms with Crippen molar-refractivity contribution in [3.05, 3.63) is 64.7 Å². The smallest absolute Gasteiger partial charge is 0.260 e. The summed E-state index contributed by atoms with van der Waals surface area (Å²) >= 11 is 0. The molecule has 2 aromatic rings. The molecule has 0 N–H and O–H groups in total. The van der Waals surface area contributed by atoms with Gasteiger partial charge in [0.05, 0.1) is 0 Å². The number of likely N-dealkylation sites (N-methyl/N-ethyl adjacent to an activating group) is 1. The van der Waals surface area contributed by atoms with Gasteiger partial charge in [0.1, 0.15) is 5.75 Å². The number of fused-ring (bicyclic) bond motifs is 1. The number of rotatable bonds is 5. The maximum Gasteiger partial charge on any atom is 0.260 e. The molecular weight excluding hydrogens is 286 g/mol. The number of nitrogens with zero attached hydrogens (tertiary/aromatic N) is 1. The molecule has 120 valence electrons. The maximum atomic E-state index is 12.2. The fourth-order valence-corrected chi connectivity index (χ4v) is 2.95. The number of ether oxygens (including phenoxy) is 1. The van der Waals surface area contributed by atoms with E-state index in [0.717, 1.165) is 24.2 Å². The van der Waals surface area contributed by atoms with Crippen molar-refractivity contribution in [3.8, 4) is 5.75 Å². The number of aryl methyl sites for hydroxylation is 3. The standard InChI is InChI=1S/C20H23NO2/c1-15-6-8-16(9-7-15)13-21(2)20(22)14-23-19-11-10-17-4-3-5-18(17)12-19/h6-12H,3-5,13-14H2,1-2H3. The van der Waals surface area contributed by atoms with Crippen molar-refractivity contribution in [2.45, 2.75) is 32.7 Å². The Bertz CT molecular complexity index is 691. The largest absolute Gasteiger partial charge is 0.484 e. The molecule has 0 radical (unpaired) electrons. The monoisotopic (exact) mass is 309 g/mol. The molecule has 0 saturated heterocycles. The third-order valence-electron chi connectivity index (χ3n) is 4.40. The van der Waals surface area contributed by atoms with Crippen LogP contribution in [0, 0.1) is 6.92 Å². The van der Waals surface area contributed by atoms with Crippen LogP contribution in [0.5, 0.6) is 5.75 Å². The Hall–Kier alpha value is -2.29. The lowest BCUT2D eigenvalue weighted by Gasteiger charge is -2.18. The summed E-state index contributed by atoms with van der Waals surface area (Å²) in [6, 6.07) is 14.4. The number of hydrogen-bond acceptors (Lipinski definition) is 2. The van der Waals surface area contributed by atoms with E-state index in [9.17, 15) is 4.79 Å². The van der Waals surface area contributed by atoms with Crippen molar-refractivity contribution < 1.29 is 9.53 Å². The summed E-state index contributed by atoms with van der Waals surface area (Å²) in [5.41, 5.74) is 5.13. The first-order valence-corrected chi connectivity index (χ1v) is 8.16. The first-order chi connectivity index (χ1) is 11.1. The number of hydrogen-bond donors (Lipinski definition) is 0. The Balaban J connectivity index is 1.53. The summed E-state index contributed by atoms with van der Waals surface area (Å²) in [5.74, 6) is 0.786. The predicted molar refractivity (Wildman–Crippen MR) is 91.6 cm³/mol. The van der Waals surface area contributed by atoms with Crippen molar-refractivity contribution >= 4 is 5.91 Å². The normalized spacial score (nSPS) is 12.8. The molecule has 0 heterocycles. The molecule has 0 spiro atoms. The van der Waals surface area contributed by atoms with Gasteiger partial charge in [0.2, 0.25) is 0 Å². The Labute approximate surface area is 137 Å². The maximum absolute atomic E-state index is 12.2. The minimum Gasteiger partial charge on any atom is -0.484 e. The van der Waals surface area contributed by atoms with E-state index in [4.69, 9.17) is 4.74 Å². The van der Waals surface area contributed by atoms with Crippen LogP contribution in [0.15, 0.2) is 42.5 Å². The van der Waals surface area contributed by atoms with Crippen LogP contribution in [0.3, 0.4) is 0 Å². The summed E-state index contributed by atoms with van der Waals surface area (Å²) < 4.78 is 5.68. The molecule has 23 heavy (non-hydrogen) atoms. The molecular formula is C20H23NO2. The number of amides is 1. The molecule has 2 aromatic carbocycles. The van der Waals surface area contributed by atoms with E-state index in [1.165, 1.54) is 23.1 Å². The van der Waals surface area contributed by atoms with Gasteiger partial charge in [0.25, 0.3) is 5.91 Å². The SMILES string of the molecule is Cc1ccc(CN(C)C(=O)COc2ccc3c(c2)CCC3)cc1. The first-order valence-electron chi connectivity index (χ1n) is 8.16. The summed E-state index contributed by atoms with van der Waals surface area (Å²) in [5, 5.41) is 0. The molecule has 0 bridgehead atoms. The van der Waals surface area contributed by atoms with Crippen molar-refractivity contribution in [1.29, 1.82) is 0 Å². The molecule has 1 aliphatic carbocycles. The molecule has 3 nitrogen and oxygen atoms in total. The molecule has 1 amide bonds. The van der Waals surface area contributed by atoms with E-state index in [1.54, 1.807) is 4.90 Å². The lowest BCUT2D eigenvalue weighted by Crippen LogP contribution is -2.30. The zero-order chi connectivity index (χ0) is 16.2. The van der Waals surface area contributed by atoms with Gasteiger partial charge in [-0.3, -0.25) is 4.79 Å². The minimum absolute atomic E-state index is 0.00827. The second kappa shape index (κ2) is 6.86. The van der Waals surface area contributed by atoms with Gasteiger partial charge in [0.15, 0.2) is 6.61 Å². The summed E-state index contributed by atoms with van der Waals surface area (Å²) in [6.07, 6.45) is 3.50. The van der Waals surface area contributed by atoms with Gasteiger partial charge in [-0.1, -0.05) is 35.9 Å². The lowest BCUT2D eigenvalue weighted by atomic mass is 10.1. The average Bonchev–Trinajstić information content (AvgIpc) is 3.02. The zero-order valence-electron chi connectivity index (χ0n) is 13.8. The van der Waals surface area contributed by atoms with Crippen molar-refractivity contribution in [3.63, 3.8) is 0 Å². The van der Waals surface area contributed by atoms with Crippen molar-refractivity contribution in [1.82, 2.24) is 4.90 Å². The molecule has 0 unspecified atom stereocenters. The third-order valence-corrected chi connectivity index (χ3v) is 4.40. The third kappa shape index (κ3) is 3.92. The lowest BCUT2D eigenvalue weighted by molar-refractivity contribution is -0.132. The highest BCUT2D eigenvalue weighted by molar-refractivity contribution is 5.77. The number of carbonyl (C=O) groups is 1. The van der Waals surface area contributed by atoms with E-state index in [-0.39, 0.29) is 12.5 Å². The second-order valence-electron chi connectivity index (χ2n) is 6.31. The van der Waals surface area contributed by atoms with E-state index >= 15 is 0 Å². The Morgan fingerprint density at radius 2 is 1.83 bits per heavy atom. The molecule has 3 heteroatoms. The Kier molecular flexibility index (Phi) is 4.65. The van der Waals surface area contributed by atoms with Crippen LogP contribution < -0.4 is 4.74 Å². The molecule has 0 aromatic heterocycles. The topological polar surface area (TPSA) is 29.5 Å². The highest BCUT2D eigenvalue weighted by atomic mass is 16.5. The van der Waals surface area contributed by atoms with Gasteiger partial charge < -0.3 is 9.64 Å². The molecule has 0 atom stereocenters. The average molecular weight is 309 g/mol. The van der Waals surface area contributed by atoms with Crippen LogP contribution in [-0.4, -0.2) is 24.5 Å². The van der Waals surface area contributed by atoms with Gasteiger partial charge in [-0.05, 0) is 55.0 Å². The van der Waals surface area contributed by atoms with Gasteiger partial charge >= 0.3 is 0 Å². The molecule has 3 rings (SSSR count). The van der Waals surface area contributed by atoms with Gasteiger partial charge in [-0.25, -0.2) is 0 Å². The van der Waals surface area contributed by atoms with E-state index in [0.29, 0.717) is 6.54 Å². The van der Waals surface area contributed by atoms with Gasteiger partial charge in [-0.2, -0.15) is 0 Å². The molecule has 1 aliphatic rings. The summed E-state index contributed by atoms with van der Waals surface area (Å²) in [7, 11) is 1.81. The zero-order valence-corrected chi connectivity index (χ0v) is 13.8. The van der Waals surface area contributed by atoms with E-state index in [2.05, 4.69) is 43.3 Å². The Morgan fingerprint density at radius 3 is 2.61 bits per heavy atom. The fraction of sp³-hybridized carbons (Fsp3) is 0.350. The summed E-state index contributed by atoms with van der Waals surface area (Å²) in [6.45, 7) is 2.75. The quantitative estimate of drug-likeness (QED) is 0.846. The van der Waals surface area contributed by atoms with Crippen molar-refractivity contribution in [2.75, 3.05) is 13.7 Å². The second-order valence-corrected chi connectivity index (χ2v) is 6.31. The molecule has 0 saturated carbocycles. The predicted octanol–water partition coefficient (Wildman–Crippen LogP) is 3.52. The van der Waals surface area contributed by atoms with E-state index < -0.39 is 0 Å². The van der Waals surface area contributed by atoms with Crippen LogP contribution >= 0.6 is 0 Å². The first kappa shape index (κ1) is 15.6. The fourth-order valence-electron chi connectivity index (χ4n) is 2.95. The van der Waals surface area contributed by atoms with Gasteiger partial charge in [0, 0.05) is 13.6 Å². The van der Waals surface area contributed by atoms with Gasteiger partial charge in [-0.15, -0.1) is 0 Å². The number of benzene rings is 2. The molecule has 0 aliphatic heterocycles. The molecule has 0 fully saturated rings. The highest BCUT2D eigenvalue weighted by Gasteiger charge is 2.13. The highest BCUT2D eigenvalue weighted by Crippen LogP contribution is 2.26. The van der Waals surface area contributed by atoms with Crippen molar-refractivity contribution in [2.24, 2.45) is 0 Å². The Morgan fingerprint density at radius 1 is 1.09 bits per heavy atom. The minimum atomic E-state index is -0.00827. The van der Waals surface area contributed by atoms with Crippen LogP contribution in [0.4, 0.5) is 0 Å². The van der Waals surface area contributed by atoms with Crippen LogP contribution in [0.25, 0.3) is 0 Å². The summed E-state index contributed by atoms with van der Waals surface area (Å²) in [4.78, 5) is 13.9. The number of carbonyl (C=O) groups excluding carboxylic acids is 1. The van der Waals surface area contributed by atoms with E-state index in [1.807, 2.05) is 13.1 Å². The van der Waals surface area contributed by atoms with Crippen LogP contribution in [0.2, 0.25) is 0 Å². The van der Waals surface area contributed by atoms with Crippen LogP contribution in [0.1, 0.15) is 28.7 Å².